The van der Waals surface area contributed by atoms with Crippen LogP contribution in [0.1, 0.15) is 47.4 Å². The minimum absolute atomic E-state index is 0.0253. The molecule has 122 valence electrons. The first-order chi connectivity index (χ1) is 10.9. The molecule has 23 heavy (non-hydrogen) atoms. The van der Waals surface area contributed by atoms with Crippen LogP contribution in [0, 0.1) is 0 Å². The Labute approximate surface area is 133 Å². The first-order valence-electron chi connectivity index (χ1n) is 7.38. The minimum atomic E-state index is -0.659. The highest BCUT2D eigenvalue weighted by Gasteiger charge is 2.39. The van der Waals surface area contributed by atoms with E-state index in [4.69, 9.17) is 14.3 Å². The van der Waals surface area contributed by atoms with Gasteiger partial charge in [-0.2, -0.15) is 0 Å². The summed E-state index contributed by atoms with van der Waals surface area (Å²) in [5.74, 6) is -2.56. The van der Waals surface area contributed by atoms with Crippen LogP contribution in [0.15, 0.2) is 24.3 Å². The van der Waals surface area contributed by atoms with E-state index in [0.29, 0.717) is 18.1 Å². The molecule has 1 aromatic carbocycles. The summed E-state index contributed by atoms with van der Waals surface area (Å²) in [4.78, 5) is 41.0. The second kappa shape index (κ2) is 5.75. The van der Waals surface area contributed by atoms with Crippen molar-refractivity contribution in [2.24, 2.45) is 0 Å². The van der Waals surface area contributed by atoms with Gasteiger partial charge in [0, 0.05) is 0 Å². The number of amides is 2. The zero-order valence-electron chi connectivity index (χ0n) is 12.9. The van der Waals surface area contributed by atoms with Gasteiger partial charge in [0.05, 0.1) is 30.3 Å². The Kier molecular flexibility index (Phi) is 3.91. The molecule has 0 bridgehead atoms. The molecule has 1 fully saturated rings. The van der Waals surface area contributed by atoms with E-state index in [1.165, 1.54) is 12.1 Å². The molecule has 2 aliphatic rings. The summed E-state index contributed by atoms with van der Waals surface area (Å²) in [6.07, 6.45) is 0.211. The number of carbonyl (C=O) groups is 3. The van der Waals surface area contributed by atoms with Crippen molar-refractivity contribution in [3.05, 3.63) is 35.4 Å². The molecular weight excluding hydrogens is 302 g/mol. The molecule has 0 N–H and O–H groups in total. The third kappa shape index (κ3) is 3.11. The van der Waals surface area contributed by atoms with Crippen LogP contribution < -0.4 is 0 Å². The van der Waals surface area contributed by atoms with E-state index in [0.717, 1.165) is 0 Å². The van der Waals surface area contributed by atoms with E-state index in [1.54, 1.807) is 26.0 Å². The van der Waals surface area contributed by atoms with E-state index < -0.39 is 23.6 Å². The van der Waals surface area contributed by atoms with Gasteiger partial charge in [-0.1, -0.05) is 17.2 Å². The molecule has 1 atom stereocenters. The molecule has 1 aromatic rings. The summed E-state index contributed by atoms with van der Waals surface area (Å²) in [6, 6.07) is 6.34. The SMILES string of the molecule is CC1(C)OCC(CCC(=O)ON2C(=O)c3ccccc3C2=O)O1. The van der Waals surface area contributed by atoms with Gasteiger partial charge >= 0.3 is 5.97 Å². The summed E-state index contributed by atoms with van der Waals surface area (Å²) in [6.45, 7) is 3.99. The maximum Gasteiger partial charge on any atom is 0.333 e. The number of hydrogen-bond acceptors (Lipinski definition) is 6. The summed E-state index contributed by atoms with van der Waals surface area (Å²) in [5.41, 5.74) is 0.471. The number of imide groups is 1. The molecule has 2 heterocycles. The Morgan fingerprint density at radius 1 is 1.26 bits per heavy atom. The van der Waals surface area contributed by atoms with Gasteiger partial charge in [-0.3, -0.25) is 9.59 Å². The highest BCUT2D eigenvalue weighted by molar-refractivity contribution is 6.20. The molecule has 2 aliphatic heterocycles. The highest BCUT2D eigenvalue weighted by Crippen LogP contribution is 2.26. The maximum absolute atomic E-state index is 12.1. The van der Waals surface area contributed by atoms with Crippen LogP contribution >= 0.6 is 0 Å². The fourth-order valence-corrected chi connectivity index (χ4v) is 2.58. The second-order valence-electron chi connectivity index (χ2n) is 5.90. The Balaban J connectivity index is 1.55. The van der Waals surface area contributed by atoms with E-state index >= 15 is 0 Å². The van der Waals surface area contributed by atoms with Gasteiger partial charge in [-0.15, -0.1) is 0 Å². The van der Waals surface area contributed by atoms with Crippen LogP contribution in [0.2, 0.25) is 0 Å². The van der Waals surface area contributed by atoms with Gasteiger partial charge < -0.3 is 14.3 Å². The van der Waals surface area contributed by atoms with Crippen LogP contribution in [-0.2, 0) is 19.1 Å². The average molecular weight is 319 g/mol. The molecule has 0 radical (unpaired) electrons. The number of benzene rings is 1. The lowest BCUT2D eigenvalue weighted by Crippen LogP contribution is -2.33. The Morgan fingerprint density at radius 2 is 1.87 bits per heavy atom. The van der Waals surface area contributed by atoms with E-state index in [9.17, 15) is 14.4 Å². The monoisotopic (exact) mass is 319 g/mol. The molecule has 7 heteroatoms. The number of hydrogen-bond donors (Lipinski definition) is 0. The fourth-order valence-electron chi connectivity index (χ4n) is 2.58. The minimum Gasteiger partial charge on any atom is -0.348 e. The highest BCUT2D eigenvalue weighted by atomic mass is 16.7. The molecule has 0 aliphatic carbocycles. The number of ether oxygens (including phenoxy) is 2. The number of carbonyl (C=O) groups excluding carboxylic acids is 3. The number of hydroxylamine groups is 2. The first kappa shape index (κ1) is 15.6. The lowest BCUT2D eigenvalue weighted by molar-refractivity contribution is -0.170. The van der Waals surface area contributed by atoms with Gasteiger partial charge in [0.2, 0.25) is 0 Å². The fraction of sp³-hybridized carbons (Fsp3) is 0.438. The Morgan fingerprint density at radius 3 is 2.39 bits per heavy atom. The predicted octanol–water partition coefficient (Wildman–Crippen LogP) is 1.67. The third-order valence-corrected chi connectivity index (χ3v) is 3.69. The molecule has 1 unspecified atom stereocenters. The van der Waals surface area contributed by atoms with Crippen molar-refractivity contribution in [2.45, 2.75) is 38.6 Å². The van der Waals surface area contributed by atoms with Crippen molar-refractivity contribution in [3.8, 4) is 0 Å². The standard InChI is InChI=1S/C16H17NO6/c1-16(2)21-9-10(22-16)7-8-13(18)23-17-14(19)11-5-3-4-6-12(11)15(17)20/h3-6,10H,7-9H2,1-2H3. The molecule has 0 aromatic heterocycles. The maximum atomic E-state index is 12.1. The molecule has 0 spiro atoms. The second-order valence-corrected chi connectivity index (χ2v) is 5.90. The van der Waals surface area contributed by atoms with Crippen molar-refractivity contribution >= 4 is 17.8 Å². The zero-order chi connectivity index (χ0) is 16.6. The van der Waals surface area contributed by atoms with Crippen LogP contribution in [-0.4, -0.2) is 41.3 Å². The van der Waals surface area contributed by atoms with Gasteiger partial charge in [0.1, 0.15) is 0 Å². The normalized spacial score (nSPS) is 22.3. The topological polar surface area (TPSA) is 82.1 Å². The third-order valence-electron chi connectivity index (χ3n) is 3.69. The summed E-state index contributed by atoms with van der Waals surface area (Å²) in [5, 5.41) is 0.517. The zero-order valence-corrected chi connectivity index (χ0v) is 12.9. The van der Waals surface area contributed by atoms with Crippen LogP contribution in [0.25, 0.3) is 0 Å². The van der Waals surface area contributed by atoms with Gasteiger partial charge in [-0.05, 0) is 32.4 Å². The molecule has 2 amide bonds. The first-order valence-corrected chi connectivity index (χ1v) is 7.38. The molecule has 3 rings (SSSR count). The molecular formula is C16H17NO6. The van der Waals surface area contributed by atoms with Gasteiger partial charge in [0.25, 0.3) is 11.8 Å². The molecule has 0 saturated carbocycles. The molecule has 1 saturated heterocycles. The van der Waals surface area contributed by atoms with Crippen LogP contribution in [0.4, 0.5) is 0 Å². The van der Waals surface area contributed by atoms with Gasteiger partial charge in [0.15, 0.2) is 5.79 Å². The lowest BCUT2D eigenvalue weighted by atomic mass is 10.1. The van der Waals surface area contributed by atoms with Crippen molar-refractivity contribution in [1.29, 1.82) is 0 Å². The summed E-state index contributed by atoms with van der Waals surface area (Å²) >= 11 is 0. The van der Waals surface area contributed by atoms with E-state index in [-0.39, 0.29) is 23.7 Å². The average Bonchev–Trinajstić information content (AvgIpc) is 2.98. The largest absolute Gasteiger partial charge is 0.348 e. The predicted molar refractivity (Wildman–Crippen MR) is 77.2 cm³/mol. The quantitative estimate of drug-likeness (QED) is 0.785. The van der Waals surface area contributed by atoms with Crippen molar-refractivity contribution in [2.75, 3.05) is 6.61 Å². The van der Waals surface area contributed by atoms with Crippen molar-refractivity contribution in [3.63, 3.8) is 0 Å². The van der Waals surface area contributed by atoms with E-state index in [1.807, 2.05) is 0 Å². The lowest BCUT2D eigenvalue weighted by Gasteiger charge is -2.17. The van der Waals surface area contributed by atoms with Gasteiger partial charge in [-0.25, -0.2) is 4.79 Å². The van der Waals surface area contributed by atoms with Crippen molar-refractivity contribution < 1.29 is 28.7 Å². The van der Waals surface area contributed by atoms with Crippen LogP contribution in [0.3, 0.4) is 0 Å². The van der Waals surface area contributed by atoms with Crippen molar-refractivity contribution in [1.82, 2.24) is 5.06 Å². The van der Waals surface area contributed by atoms with Crippen LogP contribution in [0.5, 0.6) is 0 Å². The number of nitrogens with zero attached hydrogens (tertiary/aromatic N) is 1. The smallest absolute Gasteiger partial charge is 0.333 e. The summed E-state index contributed by atoms with van der Waals surface area (Å²) in [7, 11) is 0. The number of fused-ring (bicyclic) bond motifs is 1. The summed E-state index contributed by atoms with van der Waals surface area (Å²) < 4.78 is 11.0. The molecule has 7 nitrogen and oxygen atoms in total. The Hall–Kier alpha value is -2.25. The van der Waals surface area contributed by atoms with E-state index in [2.05, 4.69) is 0 Å². The number of rotatable bonds is 4. The Bertz CT molecular complexity index is 633.